The van der Waals surface area contributed by atoms with E-state index in [1.54, 1.807) is 0 Å². The number of carbonyl (C=O) groups excluding carboxylic acids is 1. The summed E-state index contributed by atoms with van der Waals surface area (Å²) in [6.45, 7) is 10.0. The first-order valence-corrected chi connectivity index (χ1v) is 7.59. The number of hydrogen-bond donors (Lipinski definition) is 1. The monoisotopic (exact) mass is 274 g/mol. The van der Waals surface area contributed by atoms with Crippen molar-refractivity contribution in [2.24, 2.45) is 11.8 Å². The van der Waals surface area contributed by atoms with Gasteiger partial charge in [0.05, 0.1) is 6.04 Å². The van der Waals surface area contributed by atoms with Crippen molar-refractivity contribution in [1.82, 2.24) is 10.2 Å². The highest BCUT2D eigenvalue weighted by atomic mass is 16.2. The summed E-state index contributed by atoms with van der Waals surface area (Å²) in [6.07, 6.45) is 0. The second-order valence-electron chi connectivity index (χ2n) is 6.33. The van der Waals surface area contributed by atoms with Crippen molar-refractivity contribution in [2.75, 3.05) is 13.1 Å². The molecule has 1 heterocycles. The molecule has 1 amide bonds. The van der Waals surface area contributed by atoms with Crippen LogP contribution in [0.25, 0.3) is 0 Å². The molecule has 0 bridgehead atoms. The van der Waals surface area contributed by atoms with Crippen LogP contribution in [0, 0.1) is 11.8 Å². The molecule has 2 rings (SSSR count). The Morgan fingerprint density at radius 2 is 1.85 bits per heavy atom. The zero-order chi connectivity index (χ0) is 14.7. The average molecular weight is 274 g/mol. The number of benzene rings is 1. The summed E-state index contributed by atoms with van der Waals surface area (Å²) in [5, 5.41) is 3.60. The summed E-state index contributed by atoms with van der Waals surface area (Å²) < 4.78 is 0. The number of rotatable bonds is 3. The molecule has 20 heavy (non-hydrogen) atoms. The predicted octanol–water partition coefficient (Wildman–Crippen LogP) is 2.84. The first-order chi connectivity index (χ1) is 9.50. The van der Waals surface area contributed by atoms with E-state index in [1.807, 2.05) is 32.0 Å². The van der Waals surface area contributed by atoms with Gasteiger partial charge in [-0.25, -0.2) is 0 Å². The van der Waals surface area contributed by atoms with Crippen molar-refractivity contribution < 1.29 is 4.79 Å². The lowest BCUT2D eigenvalue weighted by molar-refractivity contribution is -0.139. The van der Waals surface area contributed by atoms with E-state index in [0.717, 1.165) is 13.1 Å². The van der Waals surface area contributed by atoms with Gasteiger partial charge in [-0.2, -0.15) is 0 Å². The van der Waals surface area contributed by atoms with E-state index in [-0.39, 0.29) is 17.9 Å². The molecule has 2 atom stereocenters. The molecule has 0 saturated carbocycles. The summed E-state index contributed by atoms with van der Waals surface area (Å²) >= 11 is 0. The van der Waals surface area contributed by atoms with Crippen LogP contribution in [-0.4, -0.2) is 29.9 Å². The Bertz CT molecular complexity index is 442. The minimum absolute atomic E-state index is 0.0483. The van der Waals surface area contributed by atoms with Gasteiger partial charge < -0.3 is 10.2 Å². The maximum absolute atomic E-state index is 12.5. The molecule has 1 N–H and O–H groups in total. The fourth-order valence-corrected chi connectivity index (χ4v) is 2.77. The molecule has 1 aromatic rings. The number of amides is 1. The van der Waals surface area contributed by atoms with Crippen molar-refractivity contribution in [3.63, 3.8) is 0 Å². The maximum atomic E-state index is 12.5. The Balaban J connectivity index is 2.24. The van der Waals surface area contributed by atoms with Crippen LogP contribution in [0.5, 0.6) is 0 Å². The molecule has 0 aliphatic carbocycles. The largest absolute Gasteiger partial charge is 0.333 e. The van der Waals surface area contributed by atoms with Crippen LogP contribution in [0.2, 0.25) is 0 Å². The van der Waals surface area contributed by atoms with Gasteiger partial charge in [0.2, 0.25) is 5.91 Å². The van der Waals surface area contributed by atoms with E-state index in [0.29, 0.717) is 12.0 Å². The zero-order valence-electron chi connectivity index (χ0n) is 13.0. The molecule has 1 aromatic carbocycles. The molecular weight excluding hydrogens is 248 g/mol. The average Bonchev–Trinajstić information content (AvgIpc) is 2.46. The summed E-state index contributed by atoms with van der Waals surface area (Å²) in [5.74, 6) is 0.840. The number of hydrogen-bond acceptors (Lipinski definition) is 2. The second kappa shape index (κ2) is 6.40. The van der Waals surface area contributed by atoms with Crippen molar-refractivity contribution in [3.8, 4) is 0 Å². The van der Waals surface area contributed by atoms with Crippen LogP contribution >= 0.6 is 0 Å². The van der Waals surface area contributed by atoms with Crippen LogP contribution in [0.15, 0.2) is 30.3 Å². The maximum Gasteiger partial charge on any atom is 0.225 e. The Hall–Kier alpha value is -1.35. The zero-order valence-corrected chi connectivity index (χ0v) is 13.0. The van der Waals surface area contributed by atoms with Gasteiger partial charge in [-0.15, -0.1) is 0 Å². The fourth-order valence-electron chi connectivity index (χ4n) is 2.77. The molecular formula is C17H26N2O. The number of nitrogens with zero attached hydrogens (tertiary/aromatic N) is 1. The Labute approximate surface area is 122 Å². The first-order valence-electron chi connectivity index (χ1n) is 7.59. The fraction of sp³-hybridized carbons (Fsp3) is 0.588. The number of piperazine rings is 1. The molecule has 3 nitrogen and oxygen atoms in total. The van der Waals surface area contributed by atoms with Gasteiger partial charge in [-0.1, -0.05) is 58.0 Å². The van der Waals surface area contributed by atoms with E-state index >= 15 is 0 Å². The van der Waals surface area contributed by atoms with Gasteiger partial charge in [0.25, 0.3) is 0 Å². The smallest absolute Gasteiger partial charge is 0.225 e. The minimum Gasteiger partial charge on any atom is -0.333 e. The molecule has 1 fully saturated rings. The normalized spacial score (nSPS) is 23.4. The summed E-state index contributed by atoms with van der Waals surface area (Å²) in [6, 6.07) is 10.9. The van der Waals surface area contributed by atoms with E-state index in [1.165, 1.54) is 5.56 Å². The molecule has 2 unspecified atom stereocenters. The number of nitrogens with one attached hydrogen (secondary N) is 1. The van der Waals surface area contributed by atoms with Crippen molar-refractivity contribution in [3.05, 3.63) is 35.9 Å². The lowest BCUT2D eigenvalue weighted by Gasteiger charge is -2.43. The molecule has 1 saturated heterocycles. The molecule has 110 valence electrons. The van der Waals surface area contributed by atoms with Crippen molar-refractivity contribution in [2.45, 2.75) is 39.8 Å². The molecule has 0 aromatic heterocycles. The van der Waals surface area contributed by atoms with Crippen LogP contribution in [0.4, 0.5) is 0 Å². The lowest BCUT2D eigenvalue weighted by Crippen LogP contribution is -2.56. The van der Waals surface area contributed by atoms with E-state index in [4.69, 9.17) is 0 Å². The third-order valence-corrected chi connectivity index (χ3v) is 4.11. The molecule has 1 aliphatic heterocycles. The van der Waals surface area contributed by atoms with Crippen LogP contribution in [-0.2, 0) is 4.79 Å². The SMILES string of the molecule is CC(C)C(=O)N1CC(C(C)C)NCC1c1ccccc1. The lowest BCUT2D eigenvalue weighted by atomic mass is 9.95. The molecule has 3 heteroatoms. The van der Waals surface area contributed by atoms with Gasteiger partial charge >= 0.3 is 0 Å². The first kappa shape index (κ1) is 15.0. The van der Waals surface area contributed by atoms with Crippen molar-refractivity contribution in [1.29, 1.82) is 0 Å². The van der Waals surface area contributed by atoms with Crippen LogP contribution in [0.1, 0.15) is 39.3 Å². The molecule has 0 radical (unpaired) electrons. The topological polar surface area (TPSA) is 32.3 Å². The van der Waals surface area contributed by atoms with Gasteiger partial charge in [-0.3, -0.25) is 4.79 Å². The third-order valence-electron chi connectivity index (χ3n) is 4.11. The minimum atomic E-state index is 0.0483. The molecule has 0 spiro atoms. The molecule has 1 aliphatic rings. The predicted molar refractivity (Wildman–Crippen MR) is 82.4 cm³/mol. The van der Waals surface area contributed by atoms with Gasteiger partial charge in [0.1, 0.15) is 0 Å². The highest BCUT2D eigenvalue weighted by molar-refractivity contribution is 5.78. The Kier molecular flexibility index (Phi) is 4.81. The summed E-state index contributed by atoms with van der Waals surface area (Å²) in [5.41, 5.74) is 1.22. The standard InChI is InChI=1S/C17H26N2O/c1-12(2)15-11-19(17(20)13(3)4)16(10-18-15)14-8-6-5-7-9-14/h5-9,12-13,15-16,18H,10-11H2,1-4H3. The summed E-state index contributed by atoms with van der Waals surface area (Å²) in [7, 11) is 0. The van der Waals surface area contributed by atoms with Crippen LogP contribution < -0.4 is 5.32 Å². The van der Waals surface area contributed by atoms with E-state index < -0.39 is 0 Å². The highest BCUT2D eigenvalue weighted by Crippen LogP contribution is 2.26. The van der Waals surface area contributed by atoms with Crippen LogP contribution in [0.3, 0.4) is 0 Å². The van der Waals surface area contributed by atoms with E-state index in [2.05, 4.69) is 36.2 Å². The van der Waals surface area contributed by atoms with Crippen molar-refractivity contribution >= 4 is 5.91 Å². The quantitative estimate of drug-likeness (QED) is 0.919. The van der Waals surface area contributed by atoms with Gasteiger partial charge in [-0.05, 0) is 11.5 Å². The van der Waals surface area contributed by atoms with E-state index in [9.17, 15) is 4.79 Å². The number of carbonyl (C=O) groups is 1. The second-order valence-corrected chi connectivity index (χ2v) is 6.33. The highest BCUT2D eigenvalue weighted by Gasteiger charge is 2.34. The summed E-state index contributed by atoms with van der Waals surface area (Å²) in [4.78, 5) is 14.6. The van der Waals surface area contributed by atoms with Gasteiger partial charge in [0, 0.05) is 25.0 Å². The Morgan fingerprint density at radius 3 is 2.40 bits per heavy atom. The Morgan fingerprint density at radius 1 is 1.20 bits per heavy atom. The third kappa shape index (κ3) is 3.21. The van der Waals surface area contributed by atoms with Gasteiger partial charge in [0.15, 0.2) is 0 Å².